The van der Waals surface area contributed by atoms with Crippen LogP contribution >= 0.6 is 15.9 Å². The van der Waals surface area contributed by atoms with Gasteiger partial charge >= 0.3 is 0 Å². The van der Waals surface area contributed by atoms with Crippen LogP contribution in [0, 0.1) is 0 Å². The Labute approximate surface area is 149 Å². The molecule has 2 aromatic carbocycles. The lowest BCUT2D eigenvalue weighted by molar-refractivity contribution is 0.394. The van der Waals surface area contributed by atoms with Crippen LogP contribution in [0.5, 0.6) is 11.5 Å². The lowest BCUT2D eigenvalue weighted by Crippen LogP contribution is -2.01. The minimum absolute atomic E-state index is 0.731. The monoisotopic (exact) mass is 384 g/mol. The molecule has 0 radical (unpaired) electrons. The molecule has 1 aliphatic rings. The van der Waals surface area contributed by atoms with E-state index in [1.807, 2.05) is 18.2 Å². The fourth-order valence-corrected chi connectivity index (χ4v) is 3.94. The van der Waals surface area contributed by atoms with Crippen LogP contribution in [0.15, 0.2) is 51.4 Å². The van der Waals surface area contributed by atoms with Gasteiger partial charge in [-0.05, 0) is 46.5 Å². The molecule has 1 aliphatic carbocycles. The van der Waals surface area contributed by atoms with Crippen LogP contribution in [0.25, 0.3) is 22.6 Å². The van der Waals surface area contributed by atoms with E-state index in [1.165, 1.54) is 16.7 Å². The standard InChI is InChI=1S/C20H17BrO3/c1-22-13-8-10-15(17(11-13)23-2)20-18(21)16-9-7-12-5-3-4-6-14(12)19(16)24-20/h3-6,8,10-11H,7,9H2,1-2H3. The van der Waals surface area contributed by atoms with Gasteiger partial charge in [0.25, 0.3) is 0 Å². The molecule has 0 unspecified atom stereocenters. The first kappa shape index (κ1) is 15.3. The maximum atomic E-state index is 6.30. The second kappa shape index (κ2) is 6.02. The number of halogens is 1. The molecule has 0 saturated heterocycles. The highest BCUT2D eigenvalue weighted by Gasteiger charge is 2.27. The van der Waals surface area contributed by atoms with E-state index in [2.05, 4.69) is 40.2 Å². The van der Waals surface area contributed by atoms with Gasteiger partial charge in [-0.2, -0.15) is 0 Å². The highest BCUT2D eigenvalue weighted by molar-refractivity contribution is 9.10. The molecular weight excluding hydrogens is 368 g/mol. The summed E-state index contributed by atoms with van der Waals surface area (Å²) in [6.07, 6.45) is 2.00. The Balaban J connectivity index is 1.90. The van der Waals surface area contributed by atoms with Gasteiger partial charge in [-0.3, -0.25) is 0 Å². The van der Waals surface area contributed by atoms with Crippen molar-refractivity contribution in [1.29, 1.82) is 0 Å². The first-order valence-corrected chi connectivity index (χ1v) is 8.64. The van der Waals surface area contributed by atoms with Gasteiger partial charge in [-0.1, -0.05) is 24.3 Å². The summed E-state index contributed by atoms with van der Waals surface area (Å²) < 4.78 is 18.1. The first-order valence-electron chi connectivity index (χ1n) is 7.84. The van der Waals surface area contributed by atoms with Crippen LogP contribution in [-0.2, 0) is 12.8 Å². The maximum absolute atomic E-state index is 6.30. The fourth-order valence-electron chi connectivity index (χ4n) is 3.26. The van der Waals surface area contributed by atoms with Gasteiger partial charge in [-0.15, -0.1) is 0 Å². The zero-order chi connectivity index (χ0) is 16.7. The quantitative estimate of drug-likeness (QED) is 0.597. The lowest BCUT2D eigenvalue weighted by atomic mass is 9.91. The van der Waals surface area contributed by atoms with Gasteiger partial charge < -0.3 is 13.9 Å². The summed E-state index contributed by atoms with van der Waals surface area (Å²) in [5.41, 5.74) is 4.65. The van der Waals surface area contributed by atoms with E-state index in [4.69, 9.17) is 13.9 Å². The Morgan fingerprint density at radius 3 is 2.54 bits per heavy atom. The third-order valence-corrected chi connectivity index (χ3v) is 5.34. The van der Waals surface area contributed by atoms with E-state index < -0.39 is 0 Å². The van der Waals surface area contributed by atoms with Gasteiger partial charge in [0, 0.05) is 17.2 Å². The number of methoxy groups -OCH3 is 2. The zero-order valence-electron chi connectivity index (χ0n) is 13.6. The SMILES string of the molecule is COc1ccc(-c2oc3c(c2Br)CCc2ccccc2-3)c(OC)c1. The minimum Gasteiger partial charge on any atom is -0.497 e. The molecule has 0 atom stereocenters. The Bertz CT molecular complexity index is 911. The highest BCUT2D eigenvalue weighted by Crippen LogP contribution is 2.47. The van der Waals surface area contributed by atoms with Crippen molar-refractivity contribution in [1.82, 2.24) is 0 Å². The van der Waals surface area contributed by atoms with E-state index >= 15 is 0 Å². The minimum atomic E-state index is 0.731. The van der Waals surface area contributed by atoms with Crippen LogP contribution in [0.1, 0.15) is 11.1 Å². The Morgan fingerprint density at radius 1 is 0.917 bits per heavy atom. The Morgan fingerprint density at radius 2 is 1.75 bits per heavy atom. The molecule has 1 heterocycles. The molecule has 0 N–H and O–H groups in total. The van der Waals surface area contributed by atoms with Crippen LogP contribution in [0.3, 0.4) is 0 Å². The van der Waals surface area contributed by atoms with E-state index in [1.54, 1.807) is 14.2 Å². The second-order valence-corrected chi connectivity index (χ2v) is 6.57. The number of fused-ring (bicyclic) bond motifs is 3. The largest absolute Gasteiger partial charge is 0.497 e. The highest BCUT2D eigenvalue weighted by atomic mass is 79.9. The summed E-state index contributed by atoms with van der Waals surface area (Å²) in [4.78, 5) is 0. The summed E-state index contributed by atoms with van der Waals surface area (Å²) in [6, 6.07) is 14.2. The maximum Gasteiger partial charge on any atom is 0.153 e. The van der Waals surface area contributed by atoms with Crippen molar-refractivity contribution >= 4 is 15.9 Å². The van der Waals surface area contributed by atoms with Gasteiger partial charge in [0.15, 0.2) is 5.76 Å². The molecule has 0 saturated carbocycles. The first-order chi connectivity index (χ1) is 11.7. The average Bonchev–Trinajstić information content (AvgIpc) is 2.98. The molecule has 0 spiro atoms. The summed E-state index contributed by atoms with van der Waals surface area (Å²) in [7, 11) is 3.30. The van der Waals surface area contributed by atoms with Gasteiger partial charge in [-0.25, -0.2) is 0 Å². The summed E-state index contributed by atoms with van der Waals surface area (Å²) in [5.74, 6) is 3.25. The number of aryl methyl sites for hydroxylation is 1. The smallest absolute Gasteiger partial charge is 0.153 e. The molecule has 122 valence electrons. The third kappa shape index (κ3) is 2.33. The van der Waals surface area contributed by atoms with E-state index in [-0.39, 0.29) is 0 Å². The molecule has 3 aromatic rings. The topological polar surface area (TPSA) is 31.6 Å². The average molecular weight is 385 g/mol. The molecular formula is C20H17BrO3. The van der Waals surface area contributed by atoms with E-state index in [0.717, 1.165) is 45.9 Å². The van der Waals surface area contributed by atoms with Crippen molar-refractivity contribution in [3.8, 4) is 34.1 Å². The number of rotatable bonds is 3. The van der Waals surface area contributed by atoms with Crippen molar-refractivity contribution in [3.63, 3.8) is 0 Å². The molecule has 0 bridgehead atoms. The van der Waals surface area contributed by atoms with E-state index in [9.17, 15) is 0 Å². The Hall–Kier alpha value is -2.20. The van der Waals surface area contributed by atoms with E-state index in [0.29, 0.717) is 0 Å². The van der Waals surface area contributed by atoms with Crippen LogP contribution in [-0.4, -0.2) is 14.2 Å². The molecule has 4 rings (SSSR count). The number of furan rings is 1. The molecule has 1 aromatic heterocycles. The molecule has 0 aliphatic heterocycles. The van der Waals surface area contributed by atoms with Crippen molar-refractivity contribution in [2.45, 2.75) is 12.8 Å². The molecule has 4 heteroatoms. The van der Waals surface area contributed by atoms with Crippen molar-refractivity contribution in [2.75, 3.05) is 14.2 Å². The van der Waals surface area contributed by atoms with Crippen molar-refractivity contribution in [2.24, 2.45) is 0 Å². The van der Waals surface area contributed by atoms with Crippen molar-refractivity contribution < 1.29 is 13.9 Å². The summed E-state index contributed by atoms with van der Waals surface area (Å²) >= 11 is 3.74. The predicted octanol–water partition coefficient (Wildman–Crippen LogP) is 5.49. The van der Waals surface area contributed by atoms with Gasteiger partial charge in [0.2, 0.25) is 0 Å². The van der Waals surface area contributed by atoms with Crippen molar-refractivity contribution in [3.05, 3.63) is 58.1 Å². The predicted molar refractivity (Wildman–Crippen MR) is 97.8 cm³/mol. The number of hydrogen-bond donors (Lipinski definition) is 0. The number of benzene rings is 2. The molecule has 0 fully saturated rings. The zero-order valence-corrected chi connectivity index (χ0v) is 15.1. The van der Waals surface area contributed by atoms with Crippen LogP contribution < -0.4 is 9.47 Å². The second-order valence-electron chi connectivity index (χ2n) is 5.78. The summed E-state index contributed by atoms with van der Waals surface area (Å²) in [5, 5.41) is 0. The molecule has 24 heavy (non-hydrogen) atoms. The lowest BCUT2D eigenvalue weighted by Gasteiger charge is -2.14. The number of hydrogen-bond acceptors (Lipinski definition) is 3. The van der Waals surface area contributed by atoms with Gasteiger partial charge in [0.05, 0.1) is 24.3 Å². The number of ether oxygens (including phenoxy) is 2. The normalized spacial score (nSPS) is 12.5. The molecule has 0 amide bonds. The van der Waals surface area contributed by atoms with Crippen LogP contribution in [0.2, 0.25) is 0 Å². The summed E-state index contributed by atoms with van der Waals surface area (Å²) in [6.45, 7) is 0. The third-order valence-electron chi connectivity index (χ3n) is 4.50. The molecule has 3 nitrogen and oxygen atoms in total. The fraction of sp³-hybridized carbons (Fsp3) is 0.200. The van der Waals surface area contributed by atoms with Crippen LogP contribution in [0.4, 0.5) is 0 Å². The Kier molecular flexibility index (Phi) is 3.85. The van der Waals surface area contributed by atoms with Gasteiger partial charge in [0.1, 0.15) is 17.3 Å².